The van der Waals surface area contributed by atoms with Crippen LogP contribution in [0.2, 0.25) is 0 Å². The van der Waals surface area contributed by atoms with Crippen LogP contribution < -0.4 is 5.32 Å². The van der Waals surface area contributed by atoms with Gasteiger partial charge in [-0.1, -0.05) is 36.4 Å². The molecule has 3 aromatic rings. The second-order valence-corrected chi connectivity index (χ2v) is 8.15. The van der Waals surface area contributed by atoms with E-state index in [9.17, 15) is 9.59 Å². The third-order valence-corrected chi connectivity index (χ3v) is 5.70. The first-order valence-electron chi connectivity index (χ1n) is 10.7. The molecule has 0 fully saturated rings. The number of hydrogen-bond donors (Lipinski definition) is 1. The summed E-state index contributed by atoms with van der Waals surface area (Å²) in [6, 6.07) is 17.1. The minimum absolute atomic E-state index is 0.360. The molecule has 0 saturated carbocycles. The minimum atomic E-state index is -0.930. The highest BCUT2D eigenvalue weighted by molar-refractivity contribution is 6.06. The Morgan fingerprint density at radius 2 is 1.74 bits per heavy atom. The van der Waals surface area contributed by atoms with Crippen molar-refractivity contribution in [1.82, 2.24) is 9.88 Å². The second kappa shape index (κ2) is 8.86. The molecule has 1 amide bonds. The second-order valence-electron chi connectivity index (χ2n) is 8.15. The number of aromatic nitrogens is 1. The summed E-state index contributed by atoms with van der Waals surface area (Å²) in [7, 11) is 0. The molecule has 160 valence electrons. The lowest BCUT2D eigenvalue weighted by molar-refractivity contribution is -0.123. The van der Waals surface area contributed by atoms with E-state index in [2.05, 4.69) is 24.1 Å². The van der Waals surface area contributed by atoms with Gasteiger partial charge in [0.1, 0.15) is 0 Å². The van der Waals surface area contributed by atoms with Crippen molar-refractivity contribution in [3.8, 4) is 0 Å². The Hall–Kier alpha value is -3.25. The normalized spacial score (nSPS) is 14.8. The number of rotatable bonds is 5. The van der Waals surface area contributed by atoms with Gasteiger partial charge in [-0.15, -0.1) is 0 Å². The number of nitrogens with zero attached hydrogens (tertiary/aromatic N) is 2. The monoisotopic (exact) mass is 417 g/mol. The molecule has 0 bridgehead atoms. The average molecular weight is 418 g/mol. The molecule has 0 saturated heterocycles. The van der Waals surface area contributed by atoms with Crippen LogP contribution in [0.1, 0.15) is 42.4 Å². The molecule has 1 atom stereocenters. The molecule has 4 rings (SSSR count). The molecule has 0 radical (unpaired) electrons. The zero-order valence-corrected chi connectivity index (χ0v) is 18.1. The molecule has 1 unspecified atom stereocenters. The zero-order valence-electron chi connectivity index (χ0n) is 18.1. The number of fused-ring (bicyclic) bond motifs is 2. The Morgan fingerprint density at radius 1 is 1.03 bits per heavy atom. The number of carbonyl (C=O) groups excluding carboxylic acids is 2. The van der Waals surface area contributed by atoms with Crippen molar-refractivity contribution in [3.05, 3.63) is 71.4 Å². The van der Waals surface area contributed by atoms with Gasteiger partial charge < -0.3 is 10.1 Å². The fourth-order valence-corrected chi connectivity index (χ4v) is 3.92. The molecule has 1 aromatic heterocycles. The molecule has 6 nitrogen and oxygen atoms in total. The lowest BCUT2D eigenvalue weighted by atomic mass is 9.95. The van der Waals surface area contributed by atoms with Crippen LogP contribution in [0.4, 0.5) is 5.69 Å². The van der Waals surface area contributed by atoms with Gasteiger partial charge in [0.15, 0.2) is 6.10 Å². The number of ether oxygens (including phenoxy) is 1. The summed E-state index contributed by atoms with van der Waals surface area (Å²) < 4.78 is 5.64. The summed E-state index contributed by atoms with van der Waals surface area (Å²) in [4.78, 5) is 33.0. The number of pyridine rings is 1. The van der Waals surface area contributed by atoms with Crippen molar-refractivity contribution in [2.45, 2.75) is 45.9 Å². The Labute approximate surface area is 182 Å². The smallest absolute Gasteiger partial charge is 0.339 e. The molecular weight excluding hydrogens is 390 g/mol. The van der Waals surface area contributed by atoms with Gasteiger partial charge >= 0.3 is 5.97 Å². The van der Waals surface area contributed by atoms with Crippen molar-refractivity contribution >= 4 is 28.5 Å². The van der Waals surface area contributed by atoms with Crippen LogP contribution in [0.25, 0.3) is 10.9 Å². The van der Waals surface area contributed by atoms with Gasteiger partial charge in [-0.25, -0.2) is 4.79 Å². The zero-order chi connectivity index (χ0) is 22.0. The minimum Gasteiger partial charge on any atom is -0.449 e. The highest BCUT2D eigenvalue weighted by Gasteiger charge is 2.29. The van der Waals surface area contributed by atoms with Crippen LogP contribution in [-0.2, 0) is 22.5 Å². The maximum absolute atomic E-state index is 13.3. The van der Waals surface area contributed by atoms with Crippen LogP contribution in [-0.4, -0.2) is 40.5 Å². The summed E-state index contributed by atoms with van der Waals surface area (Å²) >= 11 is 0. The average Bonchev–Trinajstić information content (AvgIpc) is 2.77. The summed E-state index contributed by atoms with van der Waals surface area (Å²) in [6.07, 6.45) is -0.150. The number of para-hydroxylation sites is 2. The number of anilines is 1. The fraction of sp³-hybridized carbons (Fsp3) is 0.320. The van der Waals surface area contributed by atoms with E-state index in [1.807, 2.05) is 42.5 Å². The highest BCUT2D eigenvalue weighted by Crippen LogP contribution is 2.29. The number of amides is 1. The summed E-state index contributed by atoms with van der Waals surface area (Å²) in [6.45, 7) is 7.42. The van der Waals surface area contributed by atoms with E-state index in [0.29, 0.717) is 23.8 Å². The van der Waals surface area contributed by atoms with E-state index in [1.165, 1.54) is 0 Å². The first-order valence-corrected chi connectivity index (χ1v) is 10.7. The van der Waals surface area contributed by atoms with Crippen molar-refractivity contribution in [2.24, 2.45) is 0 Å². The Balaban J connectivity index is 1.64. The third kappa shape index (κ3) is 4.44. The summed E-state index contributed by atoms with van der Waals surface area (Å²) in [5.41, 5.74) is 3.79. The Bertz CT molecular complexity index is 1110. The number of benzene rings is 2. The number of nitrogens with one attached hydrogen (secondary N) is 1. The van der Waals surface area contributed by atoms with Gasteiger partial charge in [0.25, 0.3) is 5.91 Å². The first kappa shape index (κ1) is 21.0. The van der Waals surface area contributed by atoms with E-state index < -0.39 is 12.1 Å². The van der Waals surface area contributed by atoms with E-state index in [1.54, 1.807) is 19.1 Å². The third-order valence-electron chi connectivity index (χ3n) is 5.70. The highest BCUT2D eigenvalue weighted by atomic mass is 16.5. The van der Waals surface area contributed by atoms with Gasteiger partial charge in [-0.05, 0) is 39.0 Å². The van der Waals surface area contributed by atoms with Crippen molar-refractivity contribution in [1.29, 1.82) is 0 Å². The van der Waals surface area contributed by atoms with Crippen molar-refractivity contribution in [2.75, 3.05) is 11.9 Å². The fourth-order valence-electron chi connectivity index (χ4n) is 3.92. The molecule has 0 spiro atoms. The lowest BCUT2D eigenvalue weighted by Gasteiger charge is -2.32. The van der Waals surface area contributed by atoms with Crippen molar-refractivity contribution < 1.29 is 14.3 Å². The largest absolute Gasteiger partial charge is 0.449 e. The van der Waals surface area contributed by atoms with Crippen LogP contribution in [0.5, 0.6) is 0 Å². The molecular formula is C25H27N3O3. The number of esters is 1. The van der Waals surface area contributed by atoms with Crippen LogP contribution in [0.15, 0.2) is 54.6 Å². The van der Waals surface area contributed by atoms with E-state index in [0.717, 1.165) is 35.1 Å². The predicted octanol–water partition coefficient (Wildman–Crippen LogP) is 4.19. The number of hydrogen-bond acceptors (Lipinski definition) is 5. The summed E-state index contributed by atoms with van der Waals surface area (Å²) in [5, 5.41) is 3.54. The molecule has 1 N–H and O–H groups in total. The molecule has 1 aliphatic rings. The maximum Gasteiger partial charge on any atom is 0.339 e. The topological polar surface area (TPSA) is 71.5 Å². The van der Waals surface area contributed by atoms with Gasteiger partial charge in [-0.2, -0.15) is 0 Å². The molecule has 0 aliphatic carbocycles. The van der Waals surface area contributed by atoms with Gasteiger partial charge in [0.05, 0.1) is 11.1 Å². The van der Waals surface area contributed by atoms with Gasteiger partial charge in [0.2, 0.25) is 0 Å². The van der Waals surface area contributed by atoms with E-state index in [4.69, 9.17) is 9.72 Å². The molecule has 6 heteroatoms. The first-order chi connectivity index (χ1) is 14.9. The number of carbonyl (C=O) groups is 2. The Kier molecular flexibility index (Phi) is 6.00. The van der Waals surface area contributed by atoms with Crippen LogP contribution in [0, 0.1) is 0 Å². The predicted molar refractivity (Wildman–Crippen MR) is 121 cm³/mol. The lowest BCUT2D eigenvalue weighted by Crippen LogP contribution is -2.37. The SMILES string of the molecule is CC(OC(=O)c1c2c(nc3ccccc13)CCN(C(C)C)C2)C(=O)Nc1ccccc1. The van der Waals surface area contributed by atoms with Gasteiger partial charge in [-0.3, -0.25) is 14.7 Å². The standard InChI is InChI=1S/C25H27N3O3/c1-16(2)28-14-13-22-20(15-28)23(19-11-7-8-12-21(19)27-22)25(30)31-17(3)24(29)26-18-9-5-4-6-10-18/h4-12,16-17H,13-15H2,1-3H3,(H,26,29). The van der Waals surface area contributed by atoms with Crippen LogP contribution in [0.3, 0.4) is 0 Å². The maximum atomic E-state index is 13.3. The molecule has 2 heterocycles. The van der Waals surface area contributed by atoms with Gasteiger partial charge in [0, 0.05) is 47.9 Å². The molecule has 1 aliphatic heterocycles. The molecule has 31 heavy (non-hydrogen) atoms. The molecule has 2 aromatic carbocycles. The van der Waals surface area contributed by atoms with Crippen molar-refractivity contribution in [3.63, 3.8) is 0 Å². The van der Waals surface area contributed by atoms with Crippen LogP contribution >= 0.6 is 0 Å². The van der Waals surface area contributed by atoms with E-state index in [-0.39, 0.29) is 5.91 Å². The quantitative estimate of drug-likeness (QED) is 0.631. The Morgan fingerprint density at radius 3 is 2.48 bits per heavy atom. The summed E-state index contributed by atoms with van der Waals surface area (Å²) in [5.74, 6) is -0.855. The van der Waals surface area contributed by atoms with E-state index >= 15 is 0 Å².